The summed E-state index contributed by atoms with van der Waals surface area (Å²) in [6.45, 7) is 0. The second kappa shape index (κ2) is 2.99. The van der Waals surface area contributed by atoms with Crippen molar-refractivity contribution in [3.05, 3.63) is 0 Å². The van der Waals surface area contributed by atoms with Crippen LogP contribution in [0.5, 0.6) is 0 Å². The Kier molecular flexibility index (Phi) is 2.96. The van der Waals surface area contributed by atoms with Gasteiger partial charge >= 0.3 is 22.6 Å². The summed E-state index contributed by atoms with van der Waals surface area (Å²) in [4.78, 5) is 10.1. The summed E-state index contributed by atoms with van der Waals surface area (Å²) in [5.41, 5.74) is 9.74. The van der Waals surface area contributed by atoms with E-state index in [-0.39, 0.29) is 0 Å². The Hall–Kier alpha value is -0.0775. The van der Waals surface area contributed by atoms with Crippen LogP contribution in [-0.2, 0) is 8.58 Å². The predicted octanol–water partition coefficient (Wildman–Crippen LogP) is -2.68. The lowest BCUT2D eigenvalue weighted by Crippen LogP contribution is -2.40. The molecule has 0 heterocycles. The molecule has 0 aromatic carbocycles. The van der Waals surface area contributed by atoms with Gasteiger partial charge in [0.15, 0.2) is 0 Å². The molecule has 0 radical (unpaired) electrons. The molecular weight excluding hydrogens is 111 g/mol. The molecule has 0 aromatic rings. The number of rotatable bonds is 1. The topological polar surface area (TPSA) is 78.3 Å². The van der Waals surface area contributed by atoms with Gasteiger partial charge < -0.3 is 15.3 Å². The lowest BCUT2D eigenvalue weighted by Gasteiger charge is -2.01. The lowest BCUT2D eigenvalue weighted by atomic mass is 10.6. The van der Waals surface area contributed by atoms with E-state index in [1.165, 1.54) is 0 Å². The van der Waals surface area contributed by atoms with Gasteiger partial charge in [0.1, 0.15) is 6.17 Å². The fourth-order valence-corrected chi connectivity index (χ4v) is 0.408. The number of carbonyl (C=O) groups excluding carboxylic acids is 1. The second-order valence-electron chi connectivity index (χ2n) is 1.05. The average Bonchev–Trinajstić information content (AvgIpc) is 1.65. The molecule has 0 aliphatic rings. The summed E-state index contributed by atoms with van der Waals surface area (Å²) in [5.74, 6) is -0.535. The smallest absolute Gasteiger partial charge is 0.499 e. The Labute approximate surface area is 49.6 Å². The molecule has 0 atom stereocenters. The van der Waals surface area contributed by atoms with Gasteiger partial charge in [0, 0.05) is 0 Å². The molecule has 0 unspecified atom stereocenters. The summed E-state index contributed by atoms with van der Waals surface area (Å²) >= 11 is 0.361. The Morgan fingerprint density at radius 1 is 1.71 bits per heavy atom. The molecule has 7 heavy (non-hydrogen) atoms. The number of hydrogen-bond donors (Lipinski definition) is 2. The average molecular weight is 118 g/mol. The third kappa shape index (κ3) is 2.60. The van der Waals surface area contributed by atoms with Crippen LogP contribution in [0.25, 0.3) is 0 Å². The first-order chi connectivity index (χ1) is 3.18. The van der Waals surface area contributed by atoms with E-state index in [9.17, 15) is 4.79 Å². The SMILES string of the molecule is NC(N)C(=O)[O][AlH2]. The van der Waals surface area contributed by atoms with Crippen molar-refractivity contribution in [2.45, 2.75) is 6.17 Å². The van der Waals surface area contributed by atoms with E-state index in [1.54, 1.807) is 0 Å². The van der Waals surface area contributed by atoms with Crippen LogP contribution in [0.3, 0.4) is 0 Å². The van der Waals surface area contributed by atoms with Gasteiger partial charge in [0.2, 0.25) is 0 Å². The van der Waals surface area contributed by atoms with Crippen molar-refractivity contribution < 1.29 is 8.58 Å². The highest BCUT2D eigenvalue weighted by Gasteiger charge is 2.02. The maximum Gasteiger partial charge on any atom is 0.499 e. The molecule has 4 N–H and O–H groups in total. The van der Waals surface area contributed by atoms with Crippen LogP contribution in [-0.4, -0.2) is 28.8 Å². The molecule has 40 valence electrons. The van der Waals surface area contributed by atoms with Crippen molar-refractivity contribution in [3.8, 4) is 0 Å². The Morgan fingerprint density at radius 2 is 2.14 bits per heavy atom. The summed E-state index contributed by atoms with van der Waals surface area (Å²) in [7, 11) is 0. The Bertz CT molecular complexity index is 74.1. The van der Waals surface area contributed by atoms with Gasteiger partial charge in [-0.25, -0.2) is 0 Å². The third-order valence-corrected chi connectivity index (χ3v) is 0.876. The zero-order valence-electron chi connectivity index (χ0n) is 4.05. The van der Waals surface area contributed by atoms with Crippen molar-refractivity contribution in [3.63, 3.8) is 0 Å². The van der Waals surface area contributed by atoms with Crippen LogP contribution in [0.4, 0.5) is 0 Å². The molecule has 0 bridgehead atoms. The zero-order valence-corrected chi connectivity index (χ0v) is 6.05. The Balaban J connectivity index is 3.35. The van der Waals surface area contributed by atoms with Crippen LogP contribution in [0.15, 0.2) is 0 Å². The fraction of sp³-hybridized carbons (Fsp3) is 0.500. The monoisotopic (exact) mass is 118 g/mol. The van der Waals surface area contributed by atoms with Gasteiger partial charge in [0.05, 0.1) is 0 Å². The van der Waals surface area contributed by atoms with E-state index in [1.807, 2.05) is 0 Å². The normalized spacial score (nSPS) is 9.00. The minimum absolute atomic E-state index is 0.361. The van der Waals surface area contributed by atoms with Gasteiger partial charge in [0.25, 0.3) is 0 Å². The van der Waals surface area contributed by atoms with Crippen LogP contribution in [0.1, 0.15) is 0 Å². The van der Waals surface area contributed by atoms with E-state index >= 15 is 0 Å². The number of carbonyl (C=O) groups is 1. The van der Waals surface area contributed by atoms with Gasteiger partial charge in [-0.3, -0.25) is 4.79 Å². The minimum Gasteiger partial charge on any atom is -0.619 e. The highest BCUT2D eigenvalue weighted by atomic mass is 27.1. The molecule has 5 heteroatoms. The molecule has 0 spiro atoms. The predicted molar refractivity (Wildman–Crippen MR) is 26.8 cm³/mol. The molecule has 0 rings (SSSR count). The number of hydrogen-bond acceptors (Lipinski definition) is 4. The maximum atomic E-state index is 10.1. The van der Waals surface area contributed by atoms with Gasteiger partial charge in [-0.2, -0.15) is 0 Å². The molecule has 0 saturated carbocycles. The number of nitrogens with two attached hydrogens (primary N) is 2. The first-order valence-electron chi connectivity index (χ1n) is 1.77. The van der Waals surface area contributed by atoms with E-state index < -0.39 is 12.1 Å². The highest BCUT2D eigenvalue weighted by molar-refractivity contribution is 6.06. The van der Waals surface area contributed by atoms with E-state index in [0.717, 1.165) is 0 Å². The van der Waals surface area contributed by atoms with Gasteiger partial charge in [-0.15, -0.1) is 0 Å². The minimum atomic E-state index is -0.961. The fourth-order valence-electron chi connectivity index (χ4n) is 0.136. The third-order valence-electron chi connectivity index (χ3n) is 0.473. The van der Waals surface area contributed by atoms with Gasteiger partial charge in [-0.05, 0) is 0 Å². The zero-order chi connectivity index (χ0) is 5.86. The van der Waals surface area contributed by atoms with Crippen molar-refractivity contribution in [1.82, 2.24) is 0 Å². The highest BCUT2D eigenvalue weighted by Crippen LogP contribution is 1.68. The van der Waals surface area contributed by atoms with Crippen LogP contribution in [0.2, 0.25) is 0 Å². The largest absolute Gasteiger partial charge is 0.619 e. The first kappa shape index (κ1) is 6.92. The second-order valence-corrected chi connectivity index (χ2v) is 1.46. The van der Waals surface area contributed by atoms with E-state index in [4.69, 9.17) is 11.5 Å². The Morgan fingerprint density at radius 3 is 2.14 bits per heavy atom. The maximum absolute atomic E-state index is 10.1. The summed E-state index contributed by atoms with van der Waals surface area (Å²) in [5, 5.41) is 0. The molecule has 0 fully saturated rings. The van der Waals surface area contributed by atoms with Crippen molar-refractivity contribution in [2.75, 3.05) is 0 Å². The van der Waals surface area contributed by atoms with Crippen LogP contribution in [0, 0.1) is 0 Å². The van der Waals surface area contributed by atoms with E-state index in [0.29, 0.717) is 16.6 Å². The molecule has 0 saturated heterocycles. The molecular formula is C2H7AlN2O2. The quantitative estimate of drug-likeness (QED) is 0.290. The summed E-state index contributed by atoms with van der Waals surface area (Å²) in [6, 6.07) is 0. The molecule has 0 aromatic heterocycles. The van der Waals surface area contributed by atoms with Gasteiger partial charge in [-0.1, -0.05) is 0 Å². The molecule has 0 aliphatic carbocycles. The molecule has 0 aliphatic heterocycles. The first-order valence-corrected chi connectivity index (χ1v) is 2.59. The molecule has 0 amide bonds. The van der Waals surface area contributed by atoms with Crippen LogP contribution < -0.4 is 11.5 Å². The van der Waals surface area contributed by atoms with Crippen LogP contribution >= 0.6 is 0 Å². The summed E-state index contributed by atoms with van der Waals surface area (Å²) in [6.07, 6.45) is -0.961. The van der Waals surface area contributed by atoms with E-state index in [2.05, 4.69) is 3.79 Å². The van der Waals surface area contributed by atoms with Crippen molar-refractivity contribution in [2.24, 2.45) is 11.5 Å². The lowest BCUT2D eigenvalue weighted by molar-refractivity contribution is -0.135. The van der Waals surface area contributed by atoms with Crippen molar-refractivity contribution in [1.29, 1.82) is 0 Å². The molecule has 4 nitrogen and oxygen atoms in total. The standard InChI is InChI=1S/C2H6N2O2.Al.2H/c3-1(4)2(5)6;;;/h1H,3-4H2,(H,5,6);;;/q;+1;;/p-1. The van der Waals surface area contributed by atoms with Crippen molar-refractivity contribution >= 4 is 22.6 Å². The summed E-state index contributed by atoms with van der Waals surface area (Å²) < 4.78 is 4.26.